The van der Waals surface area contributed by atoms with Crippen molar-refractivity contribution in [2.75, 3.05) is 20.0 Å². The van der Waals surface area contributed by atoms with Crippen molar-refractivity contribution in [3.63, 3.8) is 0 Å². The monoisotopic (exact) mass is 259 g/mol. The summed E-state index contributed by atoms with van der Waals surface area (Å²) >= 11 is 0. The molecule has 0 atom stereocenters. The van der Waals surface area contributed by atoms with Crippen molar-refractivity contribution in [2.45, 2.75) is 13.8 Å². The van der Waals surface area contributed by atoms with E-state index in [2.05, 4.69) is 9.97 Å². The lowest BCUT2D eigenvalue weighted by atomic mass is 10.1. The van der Waals surface area contributed by atoms with Crippen LogP contribution >= 0.6 is 0 Å². The van der Waals surface area contributed by atoms with Crippen molar-refractivity contribution in [3.05, 3.63) is 29.5 Å². The first-order chi connectivity index (χ1) is 9.06. The molecule has 2 N–H and O–H groups in total. The summed E-state index contributed by atoms with van der Waals surface area (Å²) in [5.41, 5.74) is 8.44. The molecule has 0 saturated carbocycles. The van der Waals surface area contributed by atoms with Crippen LogP contribution in [-0.4, -0.2) is 24.2 Å². The molecule has 0 saturated heterocycles. The van der Waals surface area contributed by atoms with E-state index in [4.69, 9.17) is 15.2 Å². The van der Waals surface area contributed by atoms with Crippen LogP contribution in [0.15, 0.2) is 18.2 Å². The Morgan fingerprint density at radius 1 is 1.05 bits per heavy atom. The average molecular weight is 259 g/mol. The van der Waals surface area contributed by atoms with Gasteiger partial charge in [0.2, 0.25) is 0 Å². The van der Waals surface area contributed by atoms with Crippen molar-refractivity contribution in [3.8, 4) is 22.9 Å². The van der Waals surface area contributed by atoms with Gasteiger partial charge in [0.05, 0.1) is 19.8 Å². The number of nitrogens with zero attached hydrogens (tertiary/aromatic N) is 2. The minimum Gasteiger partial charge on any atom is -0.497 e. The van der Waals surface area contributed by atoms with Crippen LogP contribution in [-0.2, 0) is 0 Å². The Kier molecular flexibility index (Phi) is 3.55. The summed E-state index contributed by atoms with van der Waals surface area (Å²) in [6.45, 7) is 3.81. The zero-order valence-electron chi connectivity index (χ0n) is 11.5. The number of hydrogen-bond donors (Lipinski definition) is 1. The molecule has 5 nitrogen and oxygen atoms in total. The van der Waals surface area contributed by atoms with Gasteiger partial charge in [0, 0.05) is 17.3 Å². The first kappa shape index (κ1) is 13.1. The van der Waals surface area contributed by atoms with Gasteiger partial charge in [0.25, 0.3) is 0 Å². The van der Waals surface area contributed by atoms with Crippen molar-refractivity contribution < 1.29 is 9.47 Å². The predicted octanol–water partition coefficient (Wildman–Crippen LogP) is 2.36. The highest BCUT2D eigenvalue weighted by molar-refractivity contribution is 5.67. The summed E-state index contributed by atoms with van der Waals surface area (Å²) in [5, 5.41) is 0. The summed E-state index contributed by atoms with van der Waals surface area (Å²) in [6.07, 6.45) is 0. The quantitative estimate of drug-likeness (QED) is 0.916. The van der Waals surface area contributed by atoms with Crippen molar-refractivity contribution >= 4 is 5.82 Å². The first-order valence-corrected chi connectivity index (χ1v) is 5.90. The lowest BCUT2D eigenvalue weighted by Crippen LogP contribution is -2.03. The van der Waals surface area contributed by atoms with Crippen LogP contribution in [0.3, 0.4) is 0 Å². The van der Waals surface area contributed by atoms with E-state index in [1.807, 2.05) is 26.0 Å². The van der Waals surface area contributed by atoms with E-state index < -0.39 is 0 Å². The molecule has 1 aromatic carbocycles. The molecule has 0 aliphatic rings. The number of anilines is 1. The second kappa shape index (κ2) is 5.14. The summed E-state index contributed by atoms with van der Waals surface area (Å²) in [7, 11) is 3.21. The van der Waals surface area contributed by atoms with Gasteiger partial charge in [-0.25, -0.2) is 9.97 Å². The highest BCUT2D eigenvalue weighted by atomic mass is 16.5. The molecule has 0 radical (unpaired) electrons. The lowest BCUT2D eigenvalue weighted by Gasteiger charge is -2.11. The SMILES string of the molecule is COc1ccc(-c2nc(C)c(C)c(N)n2)c(OC)c1. The third kappa shape index (κ3) is 2.45. The number of ether oxygens (including phenoxy) is 2. The van der Waals surface area contributed by atoms with Crippen molar-refractivity contribution in [1.29, 1.82) is 0 Å². The molecular formula is C14H17N3O2. The zero-order valence-corrected chi connectivity index (χ0v) is 11.5. The number of nitrogens with two attached hydrogens (primary N) is 1. The maximum absolute atomic E-state index is 5.89. The fourth-order valence-electron chi connectivity index (χ4n) is 1.75. The molecule has 1 heterocycles. The normalized spacial score (nSPS) is 10.3. The molecule has 0 spiro atoms. The number of methoxy groups -OCH3 is 2. The van der Waals surface area contributed by atoms with E-state index in [0.29, 0.717) is 17.4 Å². The van der Waals surface area contributed by atoms with Crippen LogP contribution in [0, 0.1) is 13.8 Å². The van der Waals surface area contributed by atoms with Gasteiger partial charge < -0.3 is 15.2 Å². The molecule has 0 amide bonds. The molecule has 19 heavy (non-hydrogen) atoms. The Hall–Kier alpha value is -2.30. The number of rotatable bonds is 3. The Morgan fingerprint density at radius 2 is 1.79 bits per heavy atom. The molecular weight excluding hydrogens is 242 g/mol. The minimum absolute atomic E-state index is 0.486. The highest BCUT2D eigenvalue weighted by Crippen LogP contribution is 2.32. The highest BCUT2D eigenvalue weighted by Gasteiger charge is 2.12. The smallest absolute Gasteiger partial charge is 0.165 e. The molecule has 0 unspecified atom stereocenters. The van der Waals surface area contributed by atoms with E-state index in [1.165, 1.54) is 0 Å². The third-order valence-corrected chi connectivity index (χ3v) is 3.08. The largest absolute Gasteiger partial charge is 0.497 e. The predicted molar refractivity (Wildman–Crippen MR) is 74.5 cm³/mol. The Labute approximate surface area is 112 Å². The molecule has 0 aliphatic heterocycles. The fraction of sp³-hybridized carbons (Fsp3) is 0.286. The molecule has 0 aliphatic carbocycles. The number of benzene rings is 1. The topological polar surface area (TPSA) is 70.3 Å². The number of aromatic nitrogens is 2. The van der Waals surface area contributed by atoms with Crippen LogP contribution in [0.1, 0.15) is 11.3 Å². The molecule has 1 aromatic heterocycles. The van der Waals surface area contributed by atoms with E-state index in [1.54, 1.807) is 20.3 Å². The first-order valence-electron chi connectivity index (χ1n) is 5.90. The summed E-state index contributed by atoms with van der Waals surface area (Å²) in [6, 6.07) is 5.50. The van der Waals surface area contributed by atoms with Crippen LogP contribution in [0.5, 0.6) is 11.5 Å². The van der Waals surface area contributed by atoms with E-state index in [9.17, 15) is 0 Å². The molecule has 2 rings (SSSR count). The van der Waals surface area contributed by atoms with Crippen molar-refractivity contribution in [1.82, 2.24) is 9.97 Å². The van der Waals surface area contributed by atoms with Gasteiger partial charge in [0.1, 0.15) is 17.3 Å². The maximum atomic E-state index is 5.89. The van der Waals surface area contributed by atoms with E-state index >= 15 is 0 Å². The summed E-state index contributed by atoms with van der Waals surface area (Å²) in [5.74, 6) is 2.42. The van der Waals surface area contributed by atoms with Gasteiger partial charge in [-0.2, -0.15) is 0 Å². The van der Waals surface area contributed by atoms with Gasteiger partial charge in [-0.15, -0.1) is 0 Å². The average Bonchev–Trinajstić information content (AvgIpc) is 2.43. The zero-order chi connectivity index (χ0) is 14.0. The Morgan fingerprint density at radius 3 is 2.37 bits per heavy atom. The number of nitrogen functional groups attached to an aromatic ring is 1. The lowest BCUT2D eigenvalue weighted by molar-refractivity contribution is 0.395. The minimum atomic E-state index is 0.486. The summed E-state index contributed by atoms with van der Waals surface area (Å²) < 4.78 is 10.5. The van der Waals surface area contributed by atoms with Crippen LogP contribution in [0.4, 0.5) is 5.82 Å². The Bertz CT molecular complexity index is 589. The molecule has 0 bridgehead atoms. The van der Waals surface area contributed by atoms with Crippen LogP contribution < -0.4 is 15.2 Å². The van der Waals surface area contributed by atoms with Gasteiger partial charge in [-0.1, -0.05) is 0 Å². The van der Waals surface area contributed by atoms with Gasteiger partial charge in [0.15, 0.2) is 5.82 Å². The van der Waals surface area contributed by atoms with Crippen molar-refractivity contribution in [2.24, 2.45) is 0 Å². The third-order valence-electron chi connectivity index (χ3n) is 3.08. The molecule has 100 valence electrons. The fourth-order valence-corrected chi connectivity index (χ4v) is 1.75. The van der Waals surface area contributed by atoms with Gasteiger partial charge in [-0.05, 0) is 26.0 Å². The second-order valence-electron chi connectivity index (χ2n) is 4.21. The van der Waals surface area contributed by atoms with Crippen LogP contribution in [0.2, 0.25) is 0 Å². The molecule has 5 heteroatoms. The van der Waals surface area contributed by atoms with Gasteiger partial charge in [-0.3, -0.25) is 0 Å². The van der Waals surface area contributed by atoms with Gasteiger partial charge >= 0.3 is 0 Å². The van der Waals surface area contributed by atoms with E-state index in [0.717, 1.165) is 22.6 Å². The maximum Gasteiger partial charge on any atom is 0.165 e. The standard InChI is InChI=1S/C14H17N3O2/c1-8-9(2)16-14(17-13(8)15)11-6-5-10(18-3)7-12(11)19-4/h5-7H,1-4H3,(H2,15,16,17). The van der Waals surface area contributed by atoms with Crippen LogP contribution in [0.25, 0.3) is 11.4 Å². The Balaban J connectivity index is 2.58. The molecule has 2 aromatic rings. The number of hydrogen-bond acceptors (Lipinski definition) is 5. The van der Waals surface area contributed by atoms with E-state index in [-0.39, 0.29) is 0 Å². The summed E-state index contributed by atoms with van der Waals surface area (Å²) in [4.78, 5) is 8.77. The second-order valence-corrected chi connectivity index (χ2v) is 4.21. The molecule has 0 fully saturated rings. The number of aryl methyl sites for hydroxylation is 1.